The highest BCUT2D eigenvalue weighted by atomic mass is 16.5. The fourth-order valence-electron chi connectivity index (χ4n) is 2.93. The number of rotatable bonds is 4. The molecule has 7 nitrogen and oxygen atoms in total. The van der Waals surface area contributed by atoms with E-state index in [4.69, 9.17) is 9.26 Å². The Morgan fingerprint density at radius 1 is 1.52 bits per heavy atom. The largest absolute Gasteiger partial charge is 0.491 e. The normalized spacial score (nSPS) is 17.5. The number of pyridine rings is 1. The lowest BCUT2D eigenvalue weighted by atomic mass is 10.1. The fourth-order valence-corrected chi connectivity index (χ4v) is 2.93. The maximum Gasteiger partial charge on any atom is 0.293 e. The molecule has 0 aliphatic carbocycles. The highest BCUT2D eigenvalue weighted by Crippen LogP contribution is 2.32. The molecule has 2 aromatic heterocycles. The van der Waals surface area contributed by atoms with E-state index in [1.54, 1.807) is 23.2 Å². The Kier molecular flexibility index (Phi) is 4.18. The van der Waals surface area contributed by atoms with Gasteiger partial charge in [0.05, 0.1) is 18.8 Å². The third-order valence-electron chi connectivity index (χ3n) is 4.06. The number of carbonyl (C=O) groups excluding carboxylic acids is 1. The summed E-state index contributed by atoms with van der Waals surface area (Å²) in [6, 6.07) is 5.02. The number of aryl methyl sites for hydroxylation is 1. The Morgan fingerprint density at radius 3 is 3.04 bits per heavy atom. The summed E-state index contributed by atoms with van der Waals surface area (Å²) >= 11 is 0. The Balaban J connectivity index is 1.79. The summed E-state index contributed by atoms with van der Waals surface area (Å²) in [7, 11) is 1.44. The van der Waals surface area contributed by atoms with Crippen LogP contribution < -0.4 is 10.3 Å². The van der Waals surface area contributed by atoms with Crippen LogP contribution in [0.25, 0.3) is 0 Å². The summed E-state index contributed by atoms with van der Waals surface area (Å²) in [6.07, 6.45) is 3.34. The van der Waals surface area contributed by atoms with Crippen LogP contribution >= 0.6 is 0 Å². The Morgan fingerprint density at radius 2 is 2.35 bits per heavy atom. The Bertz CT molecular complexity index is 765. The highest BCUT2D eigenvalue weighted by molar-refractivity contribution is 5.76. The summed E-state index contributed by atoms with van der Waals surface area (Å²) in [5.41, 5.74) is 0.484. The molecule has 3 heterocycles. The molecule has 2 aromatic rings. The van der Waals surface area contributed by atoms with E-state index in [9.17, 15) is 9.59 Å². The molecule has 0 N–H and O–H groups in total. The maximum absolute atomic E-state index is 12.6. The van der Waals surface area contributed by atoms with Gasteiger partial charge in [-0.1, -0.05) is 5.16 Å². The molecule has 3 rings (SSSR count). The van der Waals surface area contributed by atoms with Crippen molar-refractivity contribution in [2.45, 2.75) is 32.4 Å². The second-order valence-electron chi connectivity index (χ2n) is 5.63. The van der Waals surface area contributed by atoms with Crippen LogP contribution in [0.4, 0.5) is 0 Å². The molecule has 1 aliphatic rings. The Hall–Kier alpha value is -2.57. The first-order valence-corrected chi connectivity index (χ1v) is 7.56. The van der Waals surface area contributed by atoms with Crippen molar-refractivity contribution >= 4 is 5.91 Å². The molecule has 1 fully saturated rings. The lowest BCUT2D eigenvalue weighted by Crippen LogP contribution is -2.36. The third-order valence-corrected chi connectivity index (χ3v) is 4.06. The van der Waals surface area contributed by atoms with E-state index >= 15 is 0 Å². The first-order valence-electron chi connectivity index (χ1n) is 7.56. The predicted octanol–water partition coefficient (Wildman–Crippen LogP) is 1.52. The van der Waals surface area contributed by atoms with Gasteiger partial charge in [0.25, 0.3) is 5.56 Å². The van der Waals surface area contributed by atoms with Gasteiger partial charge in [-0.25, -0.2) is 0 Å². The summed E-state index contributed by atoms with van der Waals surface area (Å²) < 4.78 is 11.7. The van der Waals surface area contributed by atoms with Crippen LogP contribution in [-0.2, 0) is 11.3 Å². The van der Waals surface area contributed by atoms with Gasteiger partial charge in [-0.15, -0.1) is 0 Å². The molecule has 1 aliphatic heterocycles. The van der Waals surface area contributed by atoms with Crippen LogP contribution in [-0.4, -0.2) is 34.2 Å². The molecule has 1 amide bonds. The molecular weight excluding hydrogens is 298 g/mol. The van der Waals surface area contributed by atoms with Gasteiger partial charge < -0.3 is 18.7 Å². The van der Waals surface area contributed by atoms with Gasteiger partial charge in [0, 0.05) is 18.8 Å². The first kappa shape index (κ1) is 15.3. The fraction of sp³-hybridized carbons (Fsp3) is 0.438. The smallest absolute Gasteiger partial charge is 0.293 e. The SMILES string of the molecule is COc1cccn(CC(=O)N2CCC[C@@H]2c2cc(C)no2)c1=O. The van der Waals surface area contributed by atoms with Crippen LogP contribution in [0.3, 0.4) is 0 Å². The molecule has 0 spiro atoms. The number of carbonyl (C=O) groups is 1. The van der Waals surface area contributed by atoms with Gasteiger partial charge in [0.2, 0.25) is 5.91 Å². The zero-order chi connectivity index (χ0) is 16.4. The molecule has 0 unspecified atom stereocenters. The number of aromatic nitrogens is 2. The van der Waals surface area contributed by atoms with Crippen LogP contribution in [0.15, 0.2) is 33.7 Å². The summed E-state index contributed by atoms with van der Waals surface area (Å²) in [5.74, 6) is 0.812. The van der Waals surface area contributed by atoms with E-state index in [-0.39, 0.29) is 29.8 Å². The number of methoxy groups -OCH3 is 1. The molecule has 0 aromatic carbocycles. The van der Waals surface area contributed by atoms with Crippen LogP contribution in [0, 0.1) is 6.92 Å². The zero-order valence-corrected chi connectivity index (χ0v) is 13.2. The number of likely N-dealkylation sites (tertiary alicyclic amines) is 1. The molecule has 0 saturated carbocycles. The molecule has 1 atom stereocenters. The minimum absolute atomic E-state index is 0.0142. The van der Waals surface area contributed by atoms with E-state index in [2.05, 4.69) is 5.16 Å². The van der Waals surface area contributed by atoms with Gasteiger partial charge in [-0.2, -0.15) is 0 Å². The van der Waals surface area contributed by atoms with Crippen molar-refractivity contribution in [2.75, 3.05) is 13.7 Å². The van der Waals surface area contributed by atoms with Crippen molar-refractivity contribution in [1.82, 2.24) is 14.6 Å². The molecule has 0 bridgehead atoms. The predicted molar refractivity (Wildman–Crippen MR) is 82.2 cm³/mol. The third kappa shape index (κ3) is 2.99. The van der Waals surface area contributed by atoms with Crippen molar-refractivity contribution in [1.29, 1.82) is 0 Å². The Labute approximate surface area is 133 Å². The maximum atomic E-state index is 12.6. The second kappa shape index (κ2) is 6.28. The number of hydrogen-bond donors (Lipinski definition) is 0. The number of nitrogens with zero attached hydrogens (tertiary/aromatic N) is 3. The second-order valence-corrected chi connectivity index (χ2v) is 5.63. The summed E-state index contributed by atoms with van der Waals surface area (Å²) in [4.78, 5) is 26.5. The summed E-state index contributed by atoms with van der Waals surface area (Å²) in [5, 5.41) is 3.89. The van der Waals surface area contributed by atoms with E-state index in [0.717, 1.165) is 18.5 Å². The summed E-state index contributed by atoms with van der Waals surface area (Å²) in [6.45, 7) is 2.49. The van der Waals surface area contributed by atoms with Crippen molar-refractivity contribution in [3.8, 4) is 5.75 Å². The number of amides is 1. The van der Waals surface area contributed by atoms with E-state index in [0.29, 0.717) is 12.3 Å². The zero-order valence-electron chi connectivity index (χ0n) is 13.2. The molecule has 0 radical (unpaired) electrons. The standard InChI is InChI=1S/C16H19N3O4/c1-11-9-14(23-17-11)12-5-3-8-19(12)15(20)10-18-7-4-6-13(22-2)16(18)21/h4,6-7,9,12H,3,5,8,10H2,1-2H3/t12-/m1/s1. The minimum atomic E-state index is -0.311. The van der Waals surface area contributed by atoms with E-state index < -0.39 is 0 Å². The van der Waals surface area contributed by atoms with Gasteiger partial charge in [0.1, 0.15) is 6.54 Å². The van der Waals surface area contributed by atoms with Gasteiger partial charge in [-0.05, 0) is 31.9 Å². The van der Waals surface area contributed by atoms with Gasteiger partial charge in [0.15, 0.2) is 11.5 Å². The first-order chi connectivity index (χ1) is 11.1. The van der Waals surface area contributed by atoms with Gasteiger partial charge in [-0.3, -0.25) is 9.59 Å². The number of ether oxygens (including phenoxy) is 1. The molecule has 1 saturated heterocycles. The van der Waals surface area contributed by atoms with Crippen molar-refractivity contribution in [2.24, 2.45) is 0 Å². The average molecular weight is 317 g/mol. The topological polar surface area (TPSA) is 77.6 Å². The molecule has 7 heteroatoms. The minimum Gasteiger partial charge on any atom is -0.491 e. The molecular formula is C16H19N3O4. The van der Waals surface area contributed by atoms with Crippen LogP contribution in [0.2, 0.25) is 0 Å². The highest BCUT2D eigenvalue weighted by Gasteiger charge is 2.32. The lowest BCUT2D eigenvalue weighted by Gasteiger charge is -2.23. The quantitative estimate of drug-likeness (QED) is 0.854. The van der Waals surface area contributed by atoms with E-state index in [1.165, 1.54) is 11.7 Å². The average Bonchev–Trinajstić information content (AvgIpc) is 3.17. The van der Waals surface area contributed by atoms with Gasteiger partial charge >= 0.3 is 0 Å². The molecule has 23 heavy (non-hydrogen) atoms. The van der Waals surface area contributed by atoms with Crippen LogP contribution in [0.1, 0.15) is 30.3 Å². The van der Waals surface area contributed by atoms with Crippen molar-refractivity contribution in [3.63, 3.8) is 0 Å². The van der Waals surface area contributed by atoms with Crippen molar-refractivity contribution in [3.05, 3.63) is 46.2 Å². The van der Waals surface area contributed by atoms with E-state index in [1.807, 2.05) is 13.0 Å². The van der Waals surface area contributed by atoms with Crippen LogP contribution in [0.5, 0.6) is 5.75 Å². The monoisotopic (exact) mass is 317 g/mol. The molecule has 122 valence electrons. The van der Waals surface area contributed by atoms with Crippen molar-refractivity contribution < 1.29 is 14.1 Å². The number of hydrogen-bond acceptors (Lipinski definition) is 5. The lowest BCUT2D eigenvalue weighted by molar-refractivity contribution is -0.133.